The summed E-state index contributed by atoms with van der Waals surface area (Å²) in [7, 11) is 1.61. The average molecular weight is 383 g/mol. The van der Waals surface area contributed by atoms with Crippen LogP contribution in [0, 0.1) is 23.2 Å². The number of hydrogen-bond acceptors (Lipinski definition) is 3. The Balaban J connectivity index is 1.23. The fourth-order valence-corrected chi connectivity index (χ4v) is 6.76. The Morgan fingerprint density at radius 2 is 1.50 bits per heavy atom. The van der Waals surface area contributed by atoms with Crippen LogP contribution >= 0.6 is 0 Å². The van der Waals surface area contributed by atoms with E-state index in [-0.39, 0.29) is 11.3 Å². The van der Waals surface area contributed by atoms with Gasteiger partial charge in [-0.1, -0.05) is 6.07 Å². The van der Waals surface area contributed by atoms with E-state index in [9.17, 15) is 9.59 Å². The number of methoxy groups -OCH3 is 1. The Labute approximate surface area is 167 Å². The molecule has 1 aliphatic heterocycles. The van der Waals surface area contributed by atoms with Crippen LogP contribution in [0.2, 0.25) is 0 Å². The zero-order valence-electron chi connectivity index (χ0n) is 16.7. The number of nitrogens with zero attached hydrogens (tertiary/aromatic N) is 2. The summed E-state index contributed by atoms with van der Waals surface area (Å²) in [6.07, 6.45) is 7.41. The SMILES string of the molecule is COc1cccc(C(=O)N2CCN(C(=O)C34CC5CC(CC(C5)C3)C4)CC2)c1. The predicted octanol–water partition coefficient (Wildman–Crippen LogP) is 3.20. The molecule has 5 heteroatoms. The summed E-state index contributed by atoms with van der Waals surface area (Å²) in [6.45, 7) is 2.56. The summed E-state index contributed by atoms with van der Waals surface area (Å²) in [4.78, 5) is 30.3. The third kappa shape index (κ3) is 2.99. The lowest BCUT2D eigenvalue weighted by Gasteiger charge is -2.57. The maximum Gasteiger partial charge on any atom is 0.254 e. The fourth-order valence-electron chi connectivity index (χ4n) is 6.76. The Hall–Kier alpha value is -2.04. The molecule has 28 heavy (non-hydrogen) atoms. The Morgan fingerprint density at radius 1 is 0.929 bits per heavy atom. The molecule has 5 aliphatic rings. The third-order valence-electron chi connectivity index (χ3n) is 7.66. The number of carbonyl (C=O) groups is 2. The standard InChI is InChI=1S/C23H30N2O3/c1-28-20-4-2-3-19(12-20)21(26)24-5-7-25(8-6-24)22(27)23-13-16-9-17(14-23)11-18(10-16)15-23/h2-4,12,16-18H,5-11,13-15H2,1H3. The Bertz CT molecular complexity index is 747. The van der Waals surface area contributed by atoms with Crippen LogP contribution in [0.3, 0.4) is 0 Å². The second-order valence-corrected chi connectivity index (χ2v) is 9.51. The van der Waals surface area contributed by atoms with Gasteiger partial charge in [0.2, 0.25) is 5.91 Å². The highest BCUT2D eigenvalue weighted by atomic mass is 16.5. The molecule has 1 saturated heterocycles. The van der Waals surface area contributed by atoms with Crippen molar-refractivity contribution in [3.05, 3.63) is 29.8 Å². The molecule has 0 aromatic heterocycles. The molecule has 0 radical (unpaired) electrons. The number of ether oxygens (including phenoxy) is 1. The van der Waals surface area contributed by atoms with E-state index in [1.165, 1.54) is 19.3 Å². The van der Waals surface area contributed by atoms with Gasteiger partial charge >= 0.3 is 0 Å². The summed E-state index contributed by atoms with van der Waals surface area (Å²) in [5.74, 6) is 3.46. The minimum absolute atomic E-state index is 0.0285. The van der Waals surface area contributed by atoms with E-state index < -0.39 is 0 Å². The van der Waals surface area contributed by atoms with Crippen LogP contribution in [-0.2, 0) is 4.79 Å². The van der Waals surface area contributed by atoms with Gasteiger partial charge in [-0.15, -0.1) is 0 Å². The summed E-state index contributed by atoms with van der Waals surface area (Å²) >= 11 is 0. The summed E-state index contributed by atoms with van der Waals surface area (Å²) in [5.41, 5.74) is 0.577. The molecular weight excluding hydrogens is 352 g/mol. The highest BCUT2D eigenvalue weighted by molar-refractivity contribution is 5.95. The van der Waals surface area contributed by atoms with Gasteiger partial charge in [-0.3, -0.25) is 9.59 Å². The molecular formula is C23H30N2O3. The predicted molar refractivity (Wildman–Crippen MR) is 106 cm³/mol. The van der Waals surface area contributed by atoms with Crippen LogP contribution in [0.15, 0.2) is 24.3 Å². The van der Waals surface area contributed by atoms with Crippen molar-refractivity contribution in [2.45, 2.75) is 38.5 Å². The normalized spacial score (nSPS) is 33.8. The third-order valence-corrected chi connectivity index (χ3v) is 7.66. The van der Waals surface area contributed by atoms with Gasteiger partial charge in [0.25, 0.3) is 5.91 Å². The number of rotatable bonds is 3. The van der Waals surface area contributed by atoms with E-state index in [1.54, 1.807) is 13.2 Å². The largest absolute Gasteiger partial charge is 0.497 e. The molecule has 150 valence electrons. The maximum atomic E-state index is 13.5. The average Bonchev–Trinajstić information content (AvgIpc) is 2.72. The molecule has 1 heterocycles. The molecule has 4 bridgehead atoms. The van der Waals surface area contributed by atoms with Gasteiger partial charge in [0.05, 0.1) is 12.5 Å². The van der Waals surface area contributed by atoms with Crippen molar-refractivity contribution in [2.24, 2.45) is 23.2 Å². The van der Waals surface area contributed by atoms with Gasteiger partial charge in [-0.25, -0.2) is 0 Å². The van der Waals surface area contributed by atoms with Gasteiger partial charge in [0, 0.05) is 31.7 Å². The molecule has 5 fully saturated rings. The summed E-state index contributed by atoms with van der Waals surface area (Å²) in [6, 6.07) is 7.31. The second-order valence-electron chi connectivity index (χ2n) is 9.51. The zero-order chi connectivity index (χ0) is 19.3. The first-order valence-corrected chi connectivity index (χ1v) is 10.8. The molecule has 0 N–H and O–H groups in total. The van der Waals surface area contributed by atoms with Crippen molar-refractivity contribution < 1.29 is 14.3 Å². The number of amides is 2. The van der Waals surface area contributed by atoms with Crippen LogP contribution in [0.1, 0.15) is 48.9 Å². The van der Waals surface area contributed by atoms with E-state index in [4.69, 9.17) is 4.74 Å². The quantitative estimate of drug-likeness (QED) is 0.807. The van der Waals surface area contributed by atoms with Crippen molar-refractivity contribution in [1.29, 1.82) is 0 Å². The number of hydrogen-bond donors (Lipinski definition) is 0. The number of piperazine rings is 1. The van der Waals surface area contributed by atoms with Crippen molar-refractivity contribution >= 4 is 11.8 Å². The topological polar surface area (TPSA) is 49.9 Å². The van der Waals surface area contributed by atoms with Crippen molar-refractivity contribution in [3.63, 3.8) is 0 Å². The first-order chi connectivity index (χ1) is 13.6. The fraction of sp³-hybridized carbons (Fsp3) is 0.652. The van der Waals surface area contributed by atoms with E-state index in [1.807, 2.05) is 23.1 Å². The molecule has 2 amide bonds. The monoisotopic (exact) mass is 382 g/mol. The lowest BCUT2D eigenvalue weighted by molar-refractivity contribution is -0.159. The van der Waals surface area contributed by atoms with Crippen molar-refractivity contribution in [3.8, 4) is 5.75 Å². The molecule has 1 aromatic rings. The molecule has 1 aromatic carbocycles. The first-order valence-electron chi connectivity index (χ1n) is 10.8. The van der Waals surface area contributed by atoms with E-state index >= 15 is 0 Å². The molecule has 5 nitrogen and oxygen atoms in total. The highest BCUT2D eigenvalue weighted by Crippen LogP contribution is 2.60. The highest BCUT2D eigenvalue weighted by Gasteiger charge is 2.55. The second kappa shape index (κ2) is 6.78. The van der Waals surface area contributed by atoms with Gasteiger partial charge in [-0.2, -0.15) is 0 Å². The molecule has 4 saturated carbocycles. The van der Waals surface area contributed by atoms with Crippen molar-refractivity contribution in [1.82, 2.24) is 9.80 Å². The zero-order valence-corrected chi connectivity index (χ0v) is 16.7. The summed E-state index contributed by atoms with van der Waals surface area (Å²) in [5, 5.41) is 0. The Kier molecular flexibility index (Phi) is 4.37. The smallest absolute Gasteiger partial charge is 0.254 e. The lowest BCUT2D eigenvalue weighted by Crippen LogP contribution is -2.58. The first kappa shape index (κ1) is 18.0. The Morgan fingerprint density at radius 3 is 2.07 bits per heavy atom. The number of carbonyl (C=O) groups excluding carboxylic acids is 2. The van der Waals surface area contributed by atoms with Gasteiger partial charge < -0.3 is 14.5 Å². The van der Waals surface area contributed by atoms with E-state index in [0.717, 1.165) is 37.0 Å². The van der Waals surface area contributed by atoms with E-state index in [2.05, 4.69) is 4.90 Å². The van der Waals surface area contributed by atoms with Crippen LogP contribution in [0.4, 0.5) is 0 Å². The summed E-state index contributed by atoms with van der Waals surface area (Å²) < 4.78 is 5.23. The molecule has 0 atom stereocenters. The minimum atomic E-state index is -0.0757. The van der Waals surface area contributed by atoms with Gasteiger partial charge in [0.1, 0.15) is 5.75 Å². The molecule has 4 aliphatic carbocycles. The maximum absolute atomic E-state index is 13.5. The molecule has 0 unspecified atom stereocenters. The van der Waals surface area contributed by atoms with Crippen LogP contribution in [-0.4, -0.2) is 54.9 Å². The molecule has 6 rings (SSSR count). The van der Waals surface area contributed by atoms with Gasteiger partial charge in [-0.05, 0) is 74.5 Å². The van der Waals surface area contributed by atoms with Crippen molar-refractivity contribution in [2.75, 3.05) is 33.3 Å². The van der Waals surface area contributed by atoms with Crippen LogP contribution in [0.5, 0.6) is 5.75 Å². The van der Waals surface area contributed by atoms with Crippen LogP contribution < -0.4 is 4.74 Å². The minimum Gasteiger partial charge on any atom is -0.497 e. The lowest BCUT2D eigenvalue weighted by atomic mass is 9.49. The van der Waals surface area contributed by atoms with Gasteiger partial charge in [0.15, 0.2) is 0 Å². The van der Waals surface area contributed by atoms with E-state index in [0.29, 0.717) is 43.4 Å². The number of benzene rings is 1. The van der Waals surface area contributed by atoms with Crippen LogP contribution in [0.25, 0.3) is 0 Å². The molecule has 0 spiro atoms.